The van der Waals surface area contributed by atoms with Crippen LogP contribution in [0.25, 0.3) is 0 Å². The molecule has 0 aliphatic heterocycles. The third-order valence-electron chi connectivity index (χ3n) is 3.82. The second-order valence-electron chi connectivity index (χ2n) is 6.69. The number of hydrogen-bond donors (Lipinski definition) is 0. The summed E-state index contributed by atoms with van der Waals surface area (Å²) in [5.41, 5.74) is 3.74. The molecule has 0 unspecified atom stereocenters. The van der Waals surface area contributed by atoms with E-state index in [0.717, 1.165) is 0 Å². The minimum atomic E-state index is 0. The third-order valence-corrected chi connectivity index (χ3v) is 3.82. The van der Waals surface area contributed by atoms with E-state index in [1.165, 1.54) is 17.1 Å². The van der Waals surface area contributed by atoms with Gasteiger partial charge < -0.3 is 14.7 Å². The molecule has 0 aliphatic rings. The molecule has 3 aromatic carbocycles. The molecule has 3 rings (SSSR count). The van der Waals surface area contributed by atoms with E-state index in [1.807, 2.05) is 96.9 Å². The number of rotatable bonds is 3. The van der Waals surface area contributed by atoms with Crippen molar-refractivity contribution in [1.29, 1.82) is 0 Å². The SMILES string of the molecule is CN(C)c1ccccc1.CN(C)c1ccccc1.CN(C)c1ccccc1.[Bi]. The van der Waals surface area contributed by atoms with Gasteiger partial charge in [0.15, 0.2) is 0 Å². The van der Waals surface area contributed by atoms with E-state index in [9.17, 15) is 0 Å². The predicted octanol–water partition coefficient (Wildman–Crippen LogP) is 4.88. The molecule has 3 aromatic rings. The fraction of sp³-hybridized carbons (Fsp3) is 0.250. The van der Waals surface area contributed by atoms with Gasteiger partial charge in [-0.05, 0) is 36.4 Å². The Labute approximate surface area is 190 Å². The van der Waals surface area contributed by atoms with Crippen molar-refractivity contribution in [2.24, 2.45) is 0 Å². The summed E-state index contributed by atoms with van der Waals surface area (Å²) < 4.78 is 0. The van der Waals surface area contributed by atoms with E-state index < -0.39 is 0 Å². The van der Waals surface area contributed by atoms with Gasteiger partial charge in [-0.2, -0.15) is 0 Å². The molecule has 0 saturated heterocycles. The fourth-order valence-corrected chi connectivity index (χ4v) is 2.18. The molecule has 3 radical (unpaired) electrons. The Balaban J connectivity index is 0.000000384. The molecule has 0 spiro atoms. The fourth-order valence-electron chi connectivity index (χ4n) is 2.18. The second-order valence-corrected chi connectivity index (χ2v) is 6.69. The Morgan fingerprint density at radius 1 is 0.357 bits per heavy atom. The molecule has 0 fully saturated rings. The van der Waals surface area contributed by atoms with Gasteiger partial charge >= 0.3 is 0 Å². The van der Waals surface area contributed by atoms with Gasteiger partial charge in [0.25, 0.3) is 0 Å². The molecule has 0 bridgehead atoms. The van der Waals surface area contributed by atoms with Crippen molar-refractivity contribution in [2.75, 3.05) is 57.0 Å². The van der Waals surface area contributed by atoms with Crippen molar-refractivity contribution in [2.45, 2.75) is 0 Å². The van der Waals surface area contributed by atoms with Crippen LogP contribution in [0.5, 0.6) is 0 Å². The summed E-state index contributed by atoms with van der Waals surface area (Å²) >= 11 is 0. The van der Waals surface area contributed by atoms with Gasteiger partial charge in [-0.25, -0.2) is 0 Å². The Kier molecular flexibility index (Phi) is 13.8. The number of anilines is 3. The smallest absolute Gasteiger partial charge is 0.0360 e. The summed E-state index contributed by atoms with van der Waals surface area (Å²) in [6, 6.07) is 30.8. The molecule has 0 aromatic heterocycles. The number of benzene rings is 3. The van der Waals surface area contributed by atoms with Gasteiger partial charge in [0.05, 0.1) is 0 Å². The van der Waals surface area contributed by atoms with Gasteiger partial charge in [0.1, 0.15) is 0 Å². The van der Waals surface area contributed by atoms with Gasteiger partial charge in [-0.3, -0.25) is 0 Å². The van der Waals surface area contributed by atoms with Gasteiger partial charge in [0.2, 0.25) is 0 Å². The van der Waals surface area contributed by atoms with Crippen molar-refractivity contribution in [1.82, 2.24) is 0 Å². The van der Waals surface area contributed by atoms with E-state index in [2.05, 4.69) is 51.1 Å². The zero-order chi connectivity index (χ0) is 20.1. The van der Waals surface area contributed by atoms with E-state index in [-0.39, 0.29) is 26.2 Å². The Morgan fingerprint density at radius 3 is 0.643 bits per heavy atom. The Morgan fingerprint density at radius 2 is 0.536 bits per heavy atom. The van der Waals surface area contributed by atoms with Gasteiger partial charge in [-0.15, -0.1) is 0 Å². The first-order valence-electron chi connectivity index (χ1n) is 9.09. The van der Waals surface area contributed by atoms with E-state index >= 15 is 0 Å². The van der Waals surface area contributed by atoms with Crippen LogP contribution in [0, 0.1) is 0 Å². The van der Waals surface area contributed by atoms with Gasteiger partial charge in [-0.1, -0.05) is 54.6 Å². The Bertz CT molecular complexity index is 611. The maximum Gasteiger partial charge on any atom is 0.0360 e. The van der Waals surface area contributed by atoms with Crippen molar-refractivity contribution >= 4 is 43.3 Å². The summed E-state index contributed by atoms with van der Waals surface area (Å²) in [7, 11) is 12.2. The zero-order valence-corrected chi connectivity index (χ0v) is 21.4. The molecule has 0 saturated carbocycles. The molecular formula is C24H33BiN3. The molecule has 0 aliphatic carbocycles. The molecule has 0 heterocycles. The van der Waals surface area contributed by atoms with Crippen LogP contribution in [0.2, 0.25) is 0 Å². The summed E-state index contributed by atoms with van der Waals surface area (Å²) in [6.07, 6.45) is 0. The first-order chi connectivity index (χ1) is 12.9. The van der Waals surface area contributed by atoms with Crippen LogP contribution in [-0.2, 0) is 0 Å². The average Bonchev–Trinajstić information content (AvgIpc) is 2.71. The normalized spacial score (nSPS) is 8.79. The monoisotopic (exact) mass is 572 g/mol. The second kappa shape index (κ2) is 14.9. The molecule has 149 valence electrons. The topological polar surface area (TPSA) is 9.72 Å². The minimum absolute atomic E-state index is 0. The van der Waals surface area contributed by atoms with Crippen LogP contribution in [0.1, 0.15) is 0 Å². The third kappa shape index (κ3) is 10.9. The van der Waals surface area contributed by atoms with E-state index in [0.29, 0.717) is 0 Å². The largest absolute Gasteiger partial charge is 0.378 e. The van der Waals surface area contributed by atoms with Gasteiger partial charge in [0, 0.05) is 85.6 Å². The molecule has 4 heteroatoms. The summed E-state index contributed by atoms with van der Waals surface area (Å²) in [4.78, 5) is 6.25. The molecule has 28 heavy (non-hydrogen) atoms. The number of nitrogens with zero attached hydrogens (tertiary/aromatic N) is 3. The van der Waals surface area contributed by atoms with Crippen molar-refractivity contribution in [3.63, 3.8) is 0 Å². The first-order valence-corrected chi connectivity index (χ1v) is 9.09. The average molecular weight is 573 g/mol. The number of para-hydroxylation sites is 3. The molecule has 0 atom stereocenters. The summed E-state index contributed by atoms with van der Waals surface area (Å²) in [5, 5.41) is 0. The van der Waals surface area contributed by atoms with Crippen molar-refractivity contribution < 1.29 is 0 Å². The maximum atomic E-state index is 2.08. The van der Waals surface area contributed by atoms with Crippen molar-refractivity contribution in [3.05, 3.63) is 91.0 Å². The predicted molar refractivity (Wildman–Crippen MR) is 128 cm³/mol. The van der Waals surface area contributed by atoms with Crippen LogP contribution in [0.15, 0.2) is 91.0 Å². The summed E-state index contributed by atoms with van der Waals surface area (Å²) in [5.74, 6) is 0. The van der Waals surface area contributed by atoms with E-state index in [1.54, 1.807) is 0 Å². The van der Waals surface area contributed by atoms with Crippen molar-refractivity contribution in [3.8, 4) is 0 Å². The zero-order valence-electron chi connectivity index (χ0n) is 17.9. The standard InChI is InChI=1S/3C8H11N.Bi/c3*1-9(2)8-6-4-3-5-7-8;/h3*3-7H,1-2H3;. The molecule has 3 nitrogen and oxygen atoms in total. The van der Waals surface area contributed by atoms with Crippen LogP contribution in [-0.4, -0.2) is 68.5 Å². The molecule has 0 N–H and O–H groups in total. The summed E-state index contributed by atoms with van der Waals surface area (Å²) in [6.45, 7) is 0. The molecular weight excluding hydrogens is 539 g/mol. The van der Waals surface area contributed by atoms with Crippen LogP contribution >= 0.6 is 0 Å². The van der Waals surface area contributed by atoms with Crippen LogP contribution < -0.4 is 14.7 Å². The first kappa shape index (κ1) is 25.9. The quantitative estimate of drug-likeness (QED) is 0.415. The number of hydrogen-bond acceptors (Lipinski definition) is 3. The van der Waals surface area contributed by atoms with Crippen LogP contribution in [0.4, 0.5) is 17.1 Å². The van der Waals surface area contributed by atoms with Crippen LogP contribution in [0.3, 0.4) is 0 Å². The van der Waals surface area contributed by atoms with E-state index in [4.69, 9.17) is 0 Å². The minimum Gasteiger partial charge on any atom is -0.378 e. The maximum absolute atomic E-state index is 2.08. The molecule has 0 amide bonds. The Hall–Kier alpha value is -2.06.